The summed E-state index contributed by atoms with van der Waals surface area (Å²) in [5.41, 5.74) is 3.82. The summed E-state index contributed by atoms with van der Waals surface area (Å²) in [6.07, 6.45) is 1.24. The molecule has 0 saturated carbocycles. The number of nitrogens with zero attached hydrogens (tertiary/aromatic N) is 3. The molecule has 3 aromatic carbocycles. The maximum Gasteiger partial charge on any atom is 0.268 e. The number of aromatic nitrogens is 1. The average molecular weight is 534 g/mol. The maximum absolute atomic E-state index is 13.5. The first kappa shape index (κ1) is 24.9. The molecule has 5 rings (SSSR count). The number of aryl methyl sites for hydroxylation is 2. The van der Waals surface area contributed by atoms with Crippen LogP contribution in [0.3, 0.4) is 0 Å². The van der Waals surface area contributed by atoms with Crippen molar-refractivity contribution >= 4 is 42.2 Å². The average Bonchev–Trinajstić information content (AvgIpc) is 3.48. The summed E-state index contributed by atoms with van der Waals surface area (Å²) >= 11 is 0. The highest BCUT2D eigenvalue weighted by Gasteiger charge is 2.31. The van der Waals surface area contributed by atoms with Crippen molar-refractivity contribution in [3.8, 4) is 6.07 Å². The van der Waals surface area contributed by atoms with E-state index in [1.165, 1.54) is 30.5 Å². The third-order valence-corrected chi connectivity index (χ3v) is 9.37. The predicted octanol–water partition coefficient (Wildman–Crippen LogP) is 4.13. The highest BCUT2D eigenvalue weighted by molar-refractivity contribution is 7.91. The smallest absolute Gasteiger partial charge is 0.268 e. The Labute approximate surface area is 215 Å². The Morgan fingerprint density at radius 3 is 2.38 bits per heavy atom. The van der Waals surface area contributed by atoms with Crippen molar-refractivity contribution in [3.05, 3.63) is 88.6 Å². The van der Waals surface area contributed by atoms with Gasteiger partial charge in [-0.25, -0.2) is 20.8 Å². The van der Waals surface area contributed by atoms with Crippen molar-refractivity contribution in [1.82, 2.24) is 3.97 Å². The van der Waals surface area contributed by atoms with Gasteiger partial charge in [-0.1, -0.05) is 17.7 Å². The number of nitriles is 1. The molecule has 0 spiro atoms. The van der Waals surface area contributed by atoms with Gasteiger partial charge in [-0.3, -0.25) is 4.99 Å². The summed E-state index contributed by atoms with van der Waals surface area (Å²) in [5.74, 6) is 0. The molecule has 0 amide bonds. The van der Waals surface area contributed by atoms with Gasteiger partial charge in [-0.2, -0.15) is 5.26 Å². The van der Waals surface area contributed by atoms with E-state index < -0.39 is 26.0 Å². The number of hydrogen-bond acceptors (Lipinski definition) is 7. The van der Waals surface area contributed by atoms with Crippen molar-refractivity contribution in [2.24, 2.45) is 4.99 Å². The van der Waals surface area contributed by atoms with Gasteiger partial charge in [0.1, 0.15) is 6.10 Å². The first-order valence-corrected chi connectivity index (χ1v) is 14.7. The fourth-order valence-corrected chi connectivity index (χ4v) is 7.15. The molecule has 4 aromatic rings. The van der Waals surface area contributed by atoms with Crippen molar-refractivity contribution in [2.75, 3.05) is 6.26 Å². The normalized spacial score (nSPS) is 14.3. The topological polar surface area (TPSA) is 130 Å². The molecule has 2 heterocycles. The van der Waals surface area contributed by atoms with Crippen LogP contribution in [0.2, 0.25) is 0 Å². The van der Waals surface area contributed by atoms with Gasteiger partial charge in [0.15, 0.2) is 9.84 Å². The lowest BCUT2D eigenvalue weighted by molar-refractivity contribution is 0.244. The highest BCUT2D eigenvalue weighted by Crippen LogP contribution is 2.39. The molecule has 0 radical (unpaired) electrons. The van der Waals surface area contributed by atoms with Crippen molar-refractivity contribution in [1.29, 1.82) is 5.26 Å². The van der Waals surface area contributed by atoms with Gasteiger partial charge < -0.3 is 5.11 Å². The van der Waals surface area contributed by atoms with E-state index in [2.05, 4.69) is 11.1 Å². The second-order valence-corrected chi connectivity index (χ2v) is 13.0. The van der Waals surface area contributed by atoms with Crippen molar-refractivity contribution < 1.29 is 21.9 Å². The number of benzene rings is 3. The second-order valence-electron chi connectivity index (χ2n) is 9.21. The van der Waals surface area contributed by atoms with Gasteiger partial charge in [0, 0.05) is 29.8 Å². The molecule has 0 saturated heterocycles. The molecule has 188 valence electrons. The summed E-state index contributed by atoms with van der Waals surface area (Å²) in [6, 6.07) is 16.4. The van der Waals surface area contributed by atoms with Crippen LogP contribution in [0.15, 0.2) is 75.6 Å². The van der Waals surface area contributed by atoms with E-state index in [1.54, 1.807) is 37.3 Å². The lowest BCUT2D eigenvalue weighted by atomic mass is 9.96. The largest absolute Gasteiger partial charge is 0.382 e. The molecule has 1 unspecified atom stereocenters. The minimum absolute atomic E-state index is 0.0769. The summed E-state index contributed by atoms with van der Waals surface area (Å²) in [7, 11) is -7.80. The van der Waals surface area contributed by atoms with E-state index in [-0.39, 0.29) is 27.3 Å². The summed E-state index contributed by atoms with van der Waals surface area (Å²) in [4.78, 5) is 4.50. The zero-order chi connectivity index (χ0) is 26.7. The van der Waals surface area contributed by atoms with Gasteiger partial charge >= 0.3 is 0 Å². The lowest BCUT2D eigenvalue weighted by Crippen LogP contribution is -2.17. The molecule has 0 aliphatic carbocycles. The van der Waals surface area contributed by atoms with Gasteiger partial charge in [0.2, 0.25) is 0 Å². The molecule has 1 aliphatic rings. The number of fused-ring (bicyclic) bond motifs is 2. The van der Waals surface area contributed by atoms with Crippen LogP contribution in [0.1, 0.15) is 33.9 Å². The van der Waals surface area contributed by atoms with Gasteiger partial charge in [0.05, 0.1) is 38.3 Å². The van der Waals surface area contributed by atoms with Gasteiger partial charge in [-0.15, -0.1) is 0 Å². The van der Waals surface area contributed by atoms with Crippen LogP contribution in [0.25, 0.3) is 10.9 Å². The zero-order valence-electron chi connectivity index (χ0n) is 20.3. The minimum atomic E-state index is -4.00. The number of hydrogen-bond donors (Lipinski definition) is 1. The number of rotatable bonds is 5. The summed E-state index contributed by atoms with van der Waals surface area (Å²) in [5, 5.41) is 21.0. The Balaban J connectivity index is 1.71. The monoisotopic (exact) mass is 533 g/mol. The summed E-state index contributed by atoms with van der Waals surface area (Å²) < 4.78 is 53.8. The predicted molar refractivity (Wildman–Crippen MR) is 140 cm³/mol. The molecule has 1 aromatic heterocycles. The van der Waals surface area contributed by atoms with E-state index in [0.29, 0.717) is 27.9 Å². The zero-order valence-corrected chi connectivity index (χ0v) is 21.9. The summed E-state index contributed by atoms with van der Waals surface area (Å²) in [6.45, 7) is 3.50. The second kappa shape index (κ2) is 8.66. The van der Waals surface area contributed by atoms with Crippen molar-refractivity contribution in [3.63, 3.8) is 0 Å². The van der Waals surface area contributed by atoms with Crippen LogP contribution >= 0.6 is 0 Å². The molecule has 10 heteroatoms. The van der Waals surface area contributed by atoms with E-state index in [1.807, 2.05) is 6.92 Å². The minimum Gasteiger partial charge on any atom is -0.382 e. The number of aliphatic hydroxyl groups excluding tert-OH is 1. The molecule has 0 fully saturated rings. The molecule has 8 nitrogen and oxygen atoms in total. The van der Waals surface area contributed by atoms with Gasteiger partial charge in [0.25, 0.3) is 10.0 Å². The molecular weight excluding hydrogens is 510 g/mol. The van der Waals surface area contributed by atoms with Gasteiger partial charge in [-0.05, 0) is 67.4 Å². The SMILES string of the molecule is Cc1ccc(S(=O)(=O)n2ccc3c(C(O)C4=Nc5ccc(C#N)cc5C4)c(S(C)(=O)=O)cc(C)c32)cc1. The Kier molecular flexibility index (Phi) is 5.83. The Morgan fingerprint density at radius 2 is 1.73 bits per heavy atom. The highest BCUT2D eigenvalue weighted by atomic mass is 32.2. The third-order valence-electron chi connectivity index (χ3n) is 6.54. The fourth-order valence-electron chi connectivity index (χ4n) is 4.73. The number of sulfone groups is 1. The van der Waals surface area contributed by atoms with Crippen LogP contribution in [-0.4, -0.2) is 37.9 Å². The van der Waals surface area contributed by atoms with Crippen LogP contribution in [0.5, 0.6) is 0 Å². The molecule has 1 atom stereocenters. The standard InChI is InChI=1S/C27H23N3O5S2/c1-16-4-7-20(8-5-16)37(34,35)30-11-10-21-25(24(36(3,32)33)12-17(2)26(21)30)27(31)23-14-19-13-18(15-28)6-9-22(19)29-23/h4-13,27,31H,14H2,1-3H3. The fraction of sp³-hybridized carbons (Fsp3) is 0.185. The van der Waals surface area contributed by atoms with Crippen LogP contribution < -0.4 is 0 Å². The molecule has 37 heavy (non-hydrogen) atoms. The maximum atomic E-state index is 13.5. The van der Waals surface area contributed by atoms with E-state index in [9.17, 15) is 27.2 Å². The first-order valence-electron chi connectivity index (χ1n) is 11.4. The van der Waals surface area contributed by atoms with E-state index in [0.717, 1.165) is 21.4 Å². The first-order chi connectivity index (χ1) is 17.4. The molecule has 0 bridgehead atoms. The number of aliphatic hydroxyl groups is 1. The Hall–Kier alpha value is -3.78. The quantitative estimate of drug-likeness (QED) is 0.411. The van der Waals surface area contributed by atoms with E-state index >= 15 is 0 Å². The van der Waals surface area contributed by atoms with Crippen LogP contribution in [0.4, 0.5) is 5.69 Å². The van der Waals surface area contributed by atoms with Crippen molar-refractivity contribution in [2.45, 2.75) is 36.2 Å². The lowest BCUT2D eigenvalue weighted by Gasteiger charge is -2.19. The Morgan fingerprint density at radius 1 is 1.03 bits per heavy atom. The van der Waals surface area contributed by atoms with Crippen LogP contribution in [-0.2, 0) is 26.3 Å². The molecule has 1 aliphatic heterocycles. The van der Waals surface area contributed by atoms with E-state index in [4.69, 9.17) is 0 Å². The third kappa shape index (κ3) is 4.15. The Bertz CT molecular complexity index is 1880. The molecular formula is C27H23N3O5S2. The molecule has 1 N–H and O–H groups in total. The van der Waals surface area contributed by atoms with Crippen LogP contribution in [0, 0.1) is 25.2 Å². The number of aliphatic imine (C=N–C) groups is 1.